The number of hydrogen-bond acceptors (Lipinski definition) is 3. The average Bonchev–Trinajstić information content (AvgIpc) is 2.58. The van der Waals surface area contributed by atoms with Crippen LogP contribution in [0.2, 0.25) is 0 Å². The molecule has 0 fully saturated rings. The predicted octanol–water partition coefficient (Wildman–Crippen LogP) is 1.82. The number of carbonyl (C=O) groups excluding carboxylic acids is 2. The van der Waals surface area contributed by atoms with Crippen LogP contribution >= 0.6 is 0 Å². The normalized spacial score (nSPS) is 16.5. The first-order chi connectivity index (χ1) is 11.6. The molecule has 0 unspecified atom stereocenters. The van der Waals surface area contributed by atoms with Crippen molar-refractivity contribution in [2.24, 2.45) is 5.73 Å². The number of amides is 3. The van der Waals surface area contributed by atoms with E-state index in [1.54, 1.807) is 12.0 Å². The van der Waals surface area contributed by atoms with Gasteiger partial charge in [0.25, 0.3) is 0 Å². The number of carbonyl (C=O) groups is 2. The Morgan fingerprint density at radius 1 is 1.29 bits per heavy atom. The Morgan fingerprint density at radius 3 is 2.83 bits per heavy atom. The average molecular weight is 325 g/mol. The van der Waals surface area contributed by atoms with Crippen molar-refractivity contribution < 1.29 is 14.3 Å². The standard InChI is InChI=1S/C18H19N3O3/c1-24-14-7-4-5-12(9-14)11-21-16-8-3-2-6-13(16)10-15(17(21)22)20-18(19)23/h2-9,15H,10-11H2,1H3,(H3,19,20,23)/t15-/m1/s1. The molecule has 0 saturated heterocycles. The lowest BCUT2D eigenvalue weighted by molar-refractivity contribution is -0.120. The molecule has 0 aliphatic carbocycles. The lowest BCUT2D eigenvalue weighted by Gasteiger charge is -2.34. The summed E-state index contributed by atoms with van der Waals surface area (Å²) in [5.41, 5.74) is 8.00. The number of para-hydroxylation sites is 1. The molecule has 0 aromatic heterocycles. The van der Waals surface area contributed by atoms with Crippen molar-refractivity contribution in [2.45, 2.75) is 19.0 Å². The molecule has 2 aromatic carbocycles. The minimum atomic E-state index is -0.700. The van der Waals surface area contributed by atoms with Gasteiger partial charge in [-0.25, -0.2) is 4.79 Å². The predicted molar refractivity (Wildman–Crippen MR) is 90.8 cm³/mol. The number of nitrogens with two attached hydrogens (primary N) is 1. The lowest BCUT2D eigenvalue weighted by Crippen LogP contribution is -2.53. The van der Waals surface area contributed by atoms with E-state index in [4.69, 9.17) is 10.5 Å². The smallest absolute Gasteiger partial charge is 0.312 e. The van der Waals surface area contributed by atoms with Crippen LogP contribution in [-0.4, -0.2) is 25.1 Å². The first-order valence-corrected chi connectivity index (χ1v) is 7.66. The monoisotopic (exact) mass is 325 g/mol. The molecular weight excluding hydrogens is 306 g/mol. The van der Waals surface area contributed by atoms with Crippen LogP contribution in [-0.2, 0) is 17.8 Å². The van der Waals surface area contributed by atoms with Gasteiger partial charge in [-0.1, -0.05) is 30.3 Å². The summed E-state index contributed by atoms with van der Waals surface area (Å²) in [7, 11) is 1.60. The zero-order chi connectivity index (χ0) is 17.1. The van der Waals surface area contributed by atoms with Crippen molar-refractivity contribution >= 4 is 17.6 Å². The molecule has 0 bridgehead atoms. The first kappa shape index (κ1) is 15.9. The highest BCUT2D eigenvalue weighted by Gasteiger charge is 2.33. The highest BCUT2D eigenvalue weighted by molar-refractivity contribution is 6.01. The minimum absolute atomic E-state index is 0.171. The quantitative estimate of drug-likeness (QED) is 0.899. The maximum atomic E-state index is 12.8. The Hall–Kier alpha value is -3.02. The van der Waals surface area contributed by atoms with Gasteiger partial charge in [0.2, 0.25) is 5.91 Å². The Bertz CT molecular complexity index is 776. The third kappa shape index (κ3) is 3.17. The molecule has 3 amide bonds. The number of urea groups is 1. The number of ether oxygens (including phenoxy) is 1. The fourth-order valence-electron chi connectivity index (χ4n) is 2.96. The number of rotatable bonds is 4. The number of methoxy groups -OCH3 is 1. The van der Waals surface area contributed by atoms with Crippen molar-refractivity contribution in [1.82, 2.24) is 5.32 Å². The molecular formula is C18H19N3O3. The molecule has 0 spiro atoms. The minimum Gasteiger partial charge on any atom is -0.497 e. The van der Waals surface area contributed by atoms with Gasteiger partial charge in [0.15, 0.2) is 0 Å². The van der Waals surface area contributed by atoms with Gasteiger partial charge in [-0.3, -0.25) is 4.79 Å². The number of hydrogen-bond donors (Lipinski definition) is 2. The largest absolute Gasteiger partial charge is 0.497 e. The molecule has 6 nitrogen and oxygen atoms in total. The summed E-state index contributed by atoms with van der Waals surface area (Å²) in [6.45, 7) is 0.393. The van der Waals surface area contributed by atoms with E-state index in [1.807, 2.05) is 48.5 Å². The van der Waals surface area contributed by atoms with Crippen molar-refractivity contribution in [2.75, 3.05) is 12.0 Å². The zero-order valence-corrected chi connectivity index (χ0v) is 13.4. The first-order valence-electron chi connectivity index (χ1n) is 7.66. The van der Waals surface area contributed by atoms with Gasteiger partial charge in [-0.05, 0) is 29.3 Å². The van der Waals surface area contributed by atoms with E-state index >= 15 is 0 Å². The van der Waals surface area contributed by atoms with Crippen molar-refractivity contribution in [3.63, 3.8) is 0 Å². The van der Waals surface area contributed by atoms with E-state index in [1.165, 1.54) is 0 Å². The Balaban J connectivity index is 1.94. The molecule has 3 rings (SSSR count). The highest BCUT2D eigenvalue weighted by Crippen LogP contribution is 2.29. The molecule has 1 atom stereocenters. The van der Waals surface area contributed by atoms with E-state index in [2.05, 4.69) is 5.32 Å². The van der Waals surface area contributed by atoms with Crippen LogP contribution in [0.25, 0.3) is 0 Å². The van der Waals surface area contributed by atoms with Crippen molar-refractivity contribution in [1.29, 1.82) is 0 Å². The van der Waals surface area contributed by atoms with Crippen LogP contribution in [0.4, 0.5) is 10.5 Å². The third-order valence-corrected chi connectivity index (χ3v) is 4.06. The highest BCUT2D eigenvalue weighted by atomic mass is 16.5. The third-order valence-electron chi connectivity index (χ3n) is 4.06. The maximum Gasteiger partial charge on any atom is 0.312 e. The molecule has 124 valence electrons. The molecule has 0 radical (unpaired) electrons. The van der Waals surface area contributed by atoms with E-state index in [-0.39, 0.29) is 5.91 Å². The Morgan fingerprint density at radius 2 is 2.08 bits per heavy atom. The molecule has 2 aromatic rings. The van der Waals surface area contributed by atoms with Gasteiger partial charge in [-0.15, -0.1) is 0 Å². The van der Waals surface area contributed by atoms with Gasteiger partial charge in [0.05, 0.1) is 13.7 Å². The summed E-state index contributed by atoms with van der Waals surface area (Å²) in [4.78, 5) is 25.7. The topological polar surface area (TPSA) is 84.7 Å². The van der Waals surface area contributed by atoms with Crippen LogP contribution < -0.4 is 20.7 Å². The number of fused-ring (bicyclic) bond motifs is 1. The van der Waals surface area contributed by atoms with Crippen molar-refractivity contribution in [3.05, 3.63) is 59.7 Å². The van der Waals surface area contributed by atoms with Gasteiger partial charge in [0, 0.05) is 12.1 Å². The number of benzene rings is 2. The van der Waals surface area contributed by atoms with Crippen molar-refractivity contribution in [3.8, 4) is 5.75 Å². The zero-order valence-electron chi connectivity index (χ0n) is 13.4. The van der Waals surface area contributed by atoms with Gasteiger partial charge < -0.3 is 20.7 Å². The number of nitrogens with one attached hydrogen (secondary N) is 1. The van der Waals surface area contributed by atoms with Gasteiger partial charge in [-0.2, -0.15) is 0 Å². The Labute approximate surface area is 140 Å². The summed E-state index contributed by atoms with van der Waals surface area (Å²) in [6, 6.07) is 13.9. The van der Waals surface area contributed by atoms with E-state index in [0.717, 1.165) is 22.6 Å². The van der Waals surface area contributed by atoms with E-state index < -0.39 is 12.1 Å². The molecule has 1 heterocycles. The van der Waals surface area contributed by atoms with Gasteiger partial charge in [0.1, 0.15) is 11.8 Å². The number of nitrogens with zero attached hydrogens (tertiary/aromatic N) is 1. The summed E-state index contributed by atoms with van der Waals surface area (Å²) in [5, 5.41) is 2.53. The summed E-state index contributed by atoms with van der Waals surface area (Å²) in [6.07, 6.45) is 0.437. The van der Waals surface area contributed by atoms with Crippen LogP contribution in [0.3, 0.4) is 0 Å². The van der Waals surface area contributed by atoms with Crippen LogP contribution in [0.5, 0.6) is 5.75 Å². The molecule has 3 N–H and O–H groups in total. The van der Waals surface area contributed by atoms with Crippen LogP contribution in [0.1, 0.15) is 11.1 Å². The molecule has 1 aliphatic rings. The molecule has 24 heavy (non-hydrogen) atoms. The lowest BCUT2D eigenvalue weighted by atomic mass is 9.96. The summed E-state index contributed by atoms with van der Waals surface area (Å²) < 4.78 is 5.24. The summed E-state index contributed by atoms with van der Waals surface area (Å²) in [5.74, 6) is 0.562. The second-order valence-corrected chi connectivity index (χ2v) is 5.67. The SMILES string of the molecule is COc1cccc(CN2C(=O)[C@H](NC(N)=O)Cc3ccccc32)c1. The molecule has 1 aliphatic heterocycles. The second kappa shape index (κ2) is 6.62. The van der Waals surface area contributed by atoms with E-state index in [0.29, 0.717) is 13.0 Å². The van der Waals surface area contributed by atoms with E-state index in [9.17, 15) is 9.59 Å². The number of primary amides is 1. The second-order valence-electron chi connectivity index (χ2n) is 5.67. The fraction of sp³-hybridized carbons (Fsp3) is 0.222. The molecule has 6 heteroatoms. The van der Waals surface area contributed by atoms with Crippen LogP contribution in [0.15, 0.2) is 48.5 Å². The Kier molecular flexibility index (Phi) is 4.37. The molecule has 0 saturated carbocycles. The summed E-state index contributed by atoms with van der Waals surface area (Å²) >= 11 is 0. The fourth-order valence-corrected chi connectivity index (χ4v) is 2.96. The van der Waals surface area contributed by atoms with Gasteiger partial charge >= 0.3 is 6.03 Å². The van der Waals surface area contributed by atoms with Crippen LogP contribution in [0, 0.1) is 0 Å². The maximum absolute atomic E-state index is 12.8. The number of anilines is 1.